The summed E-state index contributed by atoms with van der Waals surface area (Å²) in [5, 5.41) is 4.10. The Morgan fingerprint density at radius 1 is 0.400 bits per heavy atom. The van der Waals surface area contributed by atoms with Crippen LogP contribution in [0.1, 0.15) is 15.1 Å². The summed E-state index contributed by atoms with van der Waals surface area (Å²) in [7, 11) is 0. The second kappa shape index (κ2) is 10.4. The molecule has 1 heterocycles. The highest BCUT2D eigenvalue weighted by Gasteiger charge is 2.19. The normalized spacial score (nSPS) is 15.0. The maximum Gasteiger partial charge on any atom is 0.143 e. The van der Waals surface area contributed by atoms with E-state index in [9.17, 15) is 1.37 Å². The van der Waals surface area contributed by atoms with Gasteiger partial charge in [0.05, 0.1) is 15.1 Å². The minimum Gasteiger partial charge on any atom is -0.455 e. The fraction of sp³-hybridized carbons (Fsp3) is 0. The Balaban J connectivity index is 1.38. The van der Waals surface area contributed by atoms with Crippen molar-refractivity contribution in [2.24, 2.45) is 0 Å². The third-order valence-corrected chi connectivity index (χ3v) is 8.31. The van der Waals surface area contributed by atoms with E-state index in [4.69, 9.17) is 18.1 Å². The molecule has 0 spiro atoms. The number of para-hydroxylation sites is 1. The molecule has 0 saturated heterocycles. The Kier molecular flexibility index (Phi) is 3.87. The van der Waals surface area contributed by atoms with E-state index in [0.717, 1.165) is 43.8 Å². The first kappa shape index (κ1) is 16.8. The second-order valence-corrected chi connectivity index (χ2v) is 10.8. The molecular weight excluding hydrogens is 544 g/mol. The summed E-state index contributed by atoms with van der Waals surface area (Å²) in [6, 6.07) is 28.0. The van der Waals surface area contributed by atoms with Crippen molar-refractivity contribution in [3.8, 4) is 44.5 Å². The number of hydrogen-bond acceptors (Lipinski definition) is 1. The van der Waals surface area contributed by atoms with Crippen LogP contribution < -0.4 is 0 Å². The van der Waals surface area contributed by atoms with Crippen LogP contribution in [0.3, 0.4) is 0 Å². The molecule has 0 amide bonds. The highest BCUT2D eigenvalue weighted by atomic mass is 16.3. The van der Waals surface area contributed by atoms with Gasteiger partial charge < -0.3 is 4.42 Å². The summed E-state index contributed by atoms with van der Waals surface area (Å²) in [5.41, 5.74) is 3.43. The monoisotopic (exact) mass is 583 g/mol. The molecule has 9 aromatic rings. The zero-order chi connectivity index (χ0) is 39.3. The number of hydrogen-bond donors (Lipinski definition) is 0. The van der Waals surface area contributed by atoms with Crippen molar-refractivity contribution in [2.75, 3.05) is 0 Å². The van der Waals surface area contributed by atoms with Gasteiger partial charge in [-0.15, -0.1) is 0 Å². The molecule has 0 unspecified atom stereocenters. The van der Waals surface area contributed by atoms with Crippen LogP contribution in [0.5, 0.6) is 0 Å². The van der Waals surface area contributed by atoms with Crippen LogP contribution >= 0.6 is 0 Å². The molecule has 1 nitrogen and oxygen atoms in total. The van der Waals surface area contributed by atoms with Gasteiger partial charge in [0.2, 0.25) is 0 Å². The third-order valence-electron chi connectivity index (χ3n) is 8.31. The molecule has 0 aliphatic heterocycles. The van der Waals surface area contributed by atoms with Crippen molar-refractivity contribution >= 4 is 43.5 Å². The van der Waals surface area contributed by atoms with Crippen molar-refractivity contribution in [1.29, 1.82) is 0 Å². The summed E-state index contributed by atoms with van der Waals surface area (Å²) >= 11 is 0. The van der Waals surface area contributed by atoms with Gasteiger partial charge in [-0.25, -0.2) is 0 Å². The first-order chi connectivity index (χ1) is 26.9. The van der Waals surface area contributed by atoms with E-state index in [2.05, 4.69) is 36.4 Å². The summed E-state index contributed by atoms with van der Waals surface area (Å²) < 4.78 is 102. The van der Waals surface area contributed by atoms with Crippen LogP contribution in [0.2, 0.25) is 0 Å². The van der Waals surface area contributed by atoms with E-state index in [0.29, 0.717) is 5.56 Å². The van der Waals surface area contributed by atoms with Crippen LogP contribution in [0.4, 0.5) is 0 Å². The molecule has 0 N–H and O–H groups in total. The van der Waals surface area contributed by atoms with Crippen molar-refractivity contribution in [3.63, 3.8) is 0 Å². The minimum atomic E-state index is -0.649. The fourth-order valence-corrected chi connectivity index (χ4v) is 6.43. The van der Waals surface area contributed by atoms with Crippen molar-refractivity contribution in [3.05, 3.63) is 170 Å². The van der Waals surface area contributed by atoms with Gasteiger partial charge in [0.1, 0.15) is 11.2 Å². The molecule has 0 bridgehead atoms. The van der Waals surface area contributed by atoms with Crippen LogP contribution in [0.25, 0.3) is 88.0 Å². The van der Waals surface area contributed by atoms with Gasteiger partial charge in [0, 0.05) is 16.3 Å². The van der Waals surface area contributed by atoms with Gasteiger partial charge in [-0.05, 0) is 72.6 Å². The molecule has 0 aliphatic carbocycles. The number of furan rings is 1. The quantitative estimate of drug-likeness (QED) is 0.188. The SMILES string of the molecule is [2H]c1c([2H])c([2H])c(-c2c([2H])c([2H])c([2H])c3c2oc2c([2H])c([2H])c([2H])c(-c4cccc(-c5c6ccccc6c(-c6ccccc6)c6ccccc56)c4)c23)c([2H])c1[2H]. The molecule has 1 heteroatoms. The molecular formula is C44H28O. The maximum atomic E-state index is 9.24. The Bertz CT molecular complexity index is 3070. The molecule has 0 atom stereocenters. The van der Waals surface area contributed by atoms with Crippen LogP contribution in [-0.2, 0) is 0 Å². The predicted octanol–water partition coefficient (Wildman–Crippen LogP) is 12.6. The lowest BCUT2D eigenvalue weighted by atomic mass is 9.85. The van der Waals surface area contributed by atoms with Gasteiger partial charge in [0.25, 0.3) is 0 Å². The second-order valence-electron chi connectivity index (χ2n) is 10.8. The minimum absolute atomic E-state index is 0.0617. The first-order valence-corrected chi connectivity index (χ1v) is 14.5. The lowest BCUT2D eigenvalue weighted by Crippen LogP contribution is -1.91. The van der Waals surface area contributed by atoms with E-state index >= 15 is 0 Å². The summed E-state index contributed by atoms with van der Waals surface area (Å²) in [6.07, 6.45) is 0. The Morgan fingerprint density at radius 3 is 1.69 bits per heavy atom. The Hall–Kier alpha value is -5.92. The van der Waals surface area contributed by atoms with Crippen LogP contribution in [0, 0.1) is 0 Å². The topological polar surface area (TPSA) is 13.1 Å². The predicted molar refractivity (Wildman–Crippen MR) is 190 cm³/mol. The van der Waals surface area contributed by atoms with Gasteiger partial charge >= 0.3 is 0 Å². The fourth-order valence-electron chi connectivity index (χ4n) is 6.43. The Labute approximate surface area is 277 Å². The lowest BCUT2D eigenvalue weighted by Gasteiger charge is -2.18. The molecule has 45 heavy (non-hydrogen) atoms. The highest BCUT2D eigenvalue weighted by molar-refractivity contribution is 6.22. The lowest BCUT2D eigenvalue weighted by molar-refractivity contribution is 0.670. The van der Waals surface area contributed by atoms with Gasteiger partial charge in [-0.3, -0.25) is 0 Å². The molecule has 0 saturated carbocycles. The molecule has 0 aliphatic rings. The van der Waals surface area contributed by atoms with Crippen molar-refractivity contribution in [1.82, 2.24) is 0 Å². The average Bonchev–Trinajstić information content (AvgIpc) is 3.61. The Morgan fingerprint density at radius 2 is 0.978 bits per heavy atom. The zero-order valence-corrected chi connectivity index (χ0v) is 23.7. The molecule has 9 rings (SSSR count). The zero-order valence-electron chi connectivity index (χ0n) is 34.7. The number of rotatable bonds is 4. The molecule has 0 fully saturated rings. The summed E-state index contributed by atoms with van der Waals surface area (Å²) in [4.78, 5) is 0. The average molecular weight is 584 g/mol. The standard InChI is InChI=1S/C44H28O/c1-3-14-29(15-4-1)34-25-12-26-39-43-33(24-13-27-40(43)45-44(34)39)31-18-11-19-32(28-31)42-37-22-9-7-20-35(37)41(30-16-5-2-6-17-30)36-21-8-10-23-38(36)42/h1-28H/i1D,3D,4D,12D,13D,14D,15D,24D,25D,26D,27D. The van der Waals surface area contributed by atoms with Crippen molar-refractivity contribution < 1.29 is 19.5 Å². The van der Waals surface area contributed by atoms with Crippen molar-refractivity contribution in [2.45, 2.75) is 0 Å². The van der Waals surface area contributed by atoms with Gasteiger partial charge in [-0.1, -0.05) is 157 Å². The molecule has 210 valence electrons. The van der Waals surface area contributed by atoms with E-state index in [1.54, 1.807) is 6.07 Å². The smallest absolute Gasteiger partial charge is 0.143 e. The maximum absolute atomic E-state index is 9.24. The van der Waals surface area contributed by atoms with Crippen LogP contribution in [0.15, 0.2) is 174 Å². The first-order valence-electron chi connectivity index (χ1n) is 20.0. The molecule has 0 radical (unpaired) electrons. The molecule has 1 aromatic heterocycles. The van der Waals surface area contributed by atoms with E-state index < -0.39 is 60.4 Å². The highest BCUT2D eigenvalue weighted by Crippen LogP contribution is 2.45. The summed E-state index contributed by atoms with van der Waals surface area (Å²) in [6.45, 7) is 0. The van der Waals surface area contributed by atoms with E-state index in [1.807, 2.05) is 60.7 Å². The van der Waals surface area contributed by atoms with E-state index in [-0.39, 0.29) is 44.7 Å². The van der Waals surface area contributed by atoms with E-state index in [1.165, 1.54) is 0 Å². The summed E-state index contributed by atoms with van der Waals surface area (Å²) in [5.74, 6) is 0. The van der Waals surface area contributed by atoms with Gasteiger partial charge in [-0.2, -0.15) is 0 Å². The van der Waals surface area contributed by atoms with Gasteiger partial charge in [0.15, 0.2) is 0 Å². The van der Waals surface area contributed by atoms with Crippen LogP contribution in [-0.4, -0.2) is 0 Å². The molecule has 8 aromatic carbocycles. The third kappa shape index (κ3) is 4.09. The number of fused-ring (bicyclic) bond motifs is 5. The largest absolute Gasteiger partial charge is 0.455 e. The number of benzene rings is 8.